The molecule has 0 N–H and O–H groups in total. The van der Waals surface area contributed by atoms with Crippen LogP contribution in [0.3, 0.4) is 0 Å². The molecule has 2 rings (SSSR count). The zero-order valence-corrected chi connectivity index (χ0v) is 7.33. The molecular formula is C7H7BrO3. The van der Waals surface area contributed by atoms with Gasteiger partial charge in [0.1, 0.15) is 0 Å². The van der Waals surface area contributed by atoms with Crippen molar-refractivity contribution in [2.45, 2.75) is 6.29 Å². The second kappa shape index (κ2) is 2.97. The first-order chi connectivity index (χ1) is 5.36. The van der Waals surface area contributed by atoms with Crippen molar-refractivity contribution >= 4 is 15.9 Å². The SMILES string of the molecule is Brc1ccc(C2OCCO2)o1. The van der Waals surface area contributed by atoms with Gasteiger partial charge in [-0.2, -0.15) is 0 Å². The summed E-state index contributed by atoms with van der Waals surface area (Å²) in [6, 6.07) is 3.65. The van der Waals surface area contributed by atoms with Gasteiger partial charge in [-0.3, -0.25) is 0 Å². The quantitative estimate of drug-likeness (QED) is 0.724. The van der Waals surface area contributed by atoms with Gasteiger partial charge in [0.2, 0.25) is 6.29 Å². The summed E-state index contributed by atoms with van der Waals surface area (Å²) in [5.41, 5.74) is 0. The van der Waals surface area contributed by atoms with Crippen LogP contribution >= 0.6 is 15.9 Å². The van der Waals surface area contributed by atoms with Crippen LogP contribution in [0.1, 0.15) is 12.1 Å². The Morgan fingerprint density at radius 3 is 2.55 bits per heavy atom. The molecule has 0 aromatic carbocycles. The standard InChI is InChI=1S/C7H7BrO3/c8-6-2-1-5(11-6)7-9-3-4-10-7/h1-2,7H,3-4H2. The summed E-state index contributed by atoms with van der Waals surface area (Å²) >= 11 is 3.20. The van der Waals surface area contributed by atoms with Crippen LogP contribution in [-0.2, 0) is 9.47 Å². The fourth-order valence-electron chi connectivity index (χ4n) is 0.978. The average Bonchev–Trinajstić information content (AvgIpc) is 2.55. The van der Waals surface area contributed by atoms with Crippen LogP contribution in [-0.4, -0.2) is 13.2 Å². The van der Waals surface area contributed by atoms with Crippen molar-refractivity contribution in [2.75, 3.05) is 13.2 Å². The first kappa shape index (κ1) is 7.34. The number of rotatable bonds is 1. The summed E-state index contributed by atoms with van der Waals surface area (Å²) in [6.07, 6.45) is -0.304. The smallest absolute Gasteiger partial charge is 0.217 e. The third-order valence-corrected chi connectivity index (χ3v) is 1.87. The maximum absolute atomic E-state index is 5.23. The summed E-state index contributed by atoms with van der Waals surface area (Å²) in [5.74, 6) is 0.717. The van der Waals surface area contributed by atoms with Gasteiger partial charge in [0.05, 0.1) is 13.2 Å². The normalized spacial score (nSPS) is 19.4. The Hall–Kier alpha value is -0.320. The highest BCUT2D eigenvalue weighted by molar-refractivity contribution is 9.10. The van der Waals surface area contributed by atoms with Gasteiger partial charge in [-0.15, -0.1) is 0 Å². The summed E-state index contributed by atoms with van der Waals surface area (Å²) in [4.78, 5) is 0. The van der Waals surface area contributed by atoms with Crippen LogP contribution in [0.15, 0.2) is 21.2 Å². The van der Waals surface area contributed by atoms with E-state index in [0.717, 1.165) is 5.76 Å². The van der Waals surface area contributed by atoms with Crippen molar-refractivity contribution in [2.24, 2.45) is 0 Å². The van der Waals surface area contributed by atoms with E-state index in [2.05, 4.69) is 15.9 Å². The molecule has 0 amide bonds. The Balaban J connectivity index is 2.15. The molecule has 0 atom stereocenters. The van der Waals surface area contributed by atoms with Crippen LogP contribution in [0.4, 0.5) is 0 Å². The molecule has 0 bridgehead atoms. The Morgan fingerprint density at radius 1 is 1.27 bits per heavy atom. The van der Waals surface area contributed by atoms with Crippen LogP contribution in [0.5, 0.6) is 0 Å². The van der Waals surface area contributed by atoms with E-state index in [1.54, 1.807) is 0 Å². The van der Waals surface area contributed by atoms with E-state index >= 15 is 0 Å². The number of furan rings is 1. The lowest BCUT2D eigenvalue weighted by Gasteiger charge is -2.03. The predicted octanol–water partition coefficient (Wildman–Crippen LogP) is 2.09. The van der Waals surface area contributed by atoms with Gasteiger partial charge in [0, 0.05) is 0 Å². The Morgan fingerprint density at radius 2 is 2.00 bits per heavy atom. The first-order valence-corrected chi connectivity index (χ1v) is 4.14. The minimum Gasteiger partial charge on any atom is -0.449 e. The van der Waals surface area contributed by atoms with E-state index in [9.17, 15) is 0 Å². The largest absolute Gasteiger partial charge is 0.449 e. The second-order valence-electron chi connectivity index (χ2n) is 2.22. The summed E-state index contributed by atoms with van der Waals surface area (Å²) in [5, 5.41) is 0. The molecule has 0 radical (unpaired) electrons. The average molecular weight is 219 g/mol. The van der Waals surface area contributed by atoms with Crippen LogP contribution in [0, 0.1) is 0 Å². The van der Waals surface area contributed by atoms with Gasteiger partial charge in [0.25, 0.3) is 0 Å². The van der Waals surface area contributed by atoms with E-state index in [0.29, 0.717) is 17.9 Å². The topological polar surface area (TPSA) is 31.6 Å². The molecule has 11 heavy (non-hydrogen) atoms. The van der Waals surface area contributed by atoms with Gasteiger partial charge in [-0.25, -0.2) is 0 Å². The van der Waals surface area contributed by atoms with Crippen molar-refractivity contribution in [3.8, 4) is 0 Å². The Kier molecular flexibility index (Phi) is 1.98. The molecule has 0 spiro atoms. The minimum absolute atomic E-state index is 0.304. The Bertz CT molecular complexity index is 240. The van der Waals surface area contributed by atoms with E-state index in [4.69, 9.17) is 13.9 Å². The molecule has 1 saturated heterocycles. The maximum Gasteiger partial charge on any atom is 0.217 e. The molecule has 1 fully saturated rings. The van der Waals surface area contributed by atoms with Gasteiger partial charge >= 0.3 is 0 Å². The van der Waals surface area contributed by atoms with E-state index in [1.807, 2.05) is 12.1 Å². The monoisotopic (exact) mass is 218 g/mol. The van der Waals surface area contributed by atoms with Gasteiger partial charge in [-0.05, 0) is 28.1 Å². The van der Waals surface area contributed by atoms with Crippen LogP contribution in [0.2, 0.25) is 0 Å². The highest BCUT2D eigenvalue weighted by Crippen LogP contribution is 2.26. The lowest BCUT2D eigenvalue weighted by Crippen LogP contribution is -1.94. The van der Waals surface area contributed by atoms with E-state index in [-0.39, 0.29) is 6.29 Å². The lowest BCUT2D eigenvalue weighted by atomic mass is 10.4. The Labute approximate surface area is 72.4 Å². The van der Waals surface area contributed by atoms with Gasteiger partial charge in [0.15, 0.2) is 10.4 Å². The molecule has 1 aromatic rings. The van der Waals surface area contributed by atoms with Crippen molar-refractivity contribution in [3.05, 3.63) is 22.6 Å². The highest BCUT2D eigenvalue weighted by Gasteiger charge is 2.21. The molecule has 1 aliphatic heterocycles. The number of ether oxygens (including phenoxy) is 2. The molecule has 0 unspecified atom stereocenters. The van der Waals surface area contributed by atoms with Crippen molar-refractivity contribution in [1.29, 1.82) is 0 Å². The lowest BCUT2D eigenvalue weighted by molar-refractivity contribution is -0.0593. The predicted molar refractivity (Wildman–Crippen MR) is 41.1 cm³/mol. The van der Waals surface area contributed by atoms with Crippen LogP contribution < -0.4 is 0 Å². The fraction of sp³-hybridized carbons (Fsp3) is 0.429. The first-order valence-electron chi connectivity index (χ1n) is 3.35. The minimum atomic E-state index is -0.304. The molecule has 1 aliphatic rings. The summed E-state index contributed by atoms with van der Waals surface area (Å²) < 4.78 is 16.4. The third kappa shape index (κ3) is 1.47. The second-order valence-corrected chi connectivity index (χ2v) is 3.00. The molecule has 60 valence electrons. The summed E-state index contributed by atoms with van der Waals surface area (Å²) in [6.45, 7) is 1.28. The molecule has 1 aromatic heterocycles. The number of hydrogen-bond donors (Lipinski definition) is 0. The molecule has 2 heterocycles. The maximum atomic E-state index is 5.23. The third-order valence-electron chi connectivity index (χ3n) is 1.45. The van der Waals surface area contributed by atoms with Crippen molar-refractivity contribution < 1.29 is 13.9 Å². The summed E-state index contributed by atoms with van der Waals surface area (Å²) in [7, 11) is 0. The van der Waals surface area contributed by atoms with Gasteiger partial charge in [-0.1, -0.05) is 0 Å². The van der Waals surface area contributed by atoms with Gasteiger partial charge < -0.3 is 13.9 Å². The van der Waals surface area contributed by atoms with Crippen molar-refractivity contribution in [1.82, 2.24) is 0 Å². The van der Waals surface area contributed by atoms with Crippen molar-refractivity contribution in [3.63, 3.8) is 0 Å². The molecule has 4 heteroatoms. The molecule has 0 saturated carbocycles. The molecule has 3 nitrogen and oxygen atoms in total. The number of halogens is 1. The van der Waals surface area contributed by atoms with E-state index in [1.165, 1.54) is 0 Å². The molecule has 0 aliphatic carbocycles. The highest BCUT2D eigenvalue weighted by atomic mass is 79.9. The van der Waals surface area contributed by atoms with Crippen LogP contribution in [0.25, 0.3) is 0 Å². The van der Waals surface area contributed by atoms with E-state index < -0.39 is 0 Å². The molecular weight excluding hydrogens is 212 g/mol. The zero-order valence-electron chi connectivity index (χ0n) is 5.75. The fourth-order valence-corrected chi connectivity index (χ4v) is 1.30. The zero-order chi connectivity index (χ0) is 7.68. The number of hydrogen-bond acceptors (Lipinski definition) is 3.